The van der Waals surface area contributed by atoms with Crippen molar-refractivity contribution in [1.82, 2.24) is 5.32 Å². The van der Waals surface area contributed by atoms with E-state index in [-0.39, 0.29) is 6.10 Å². The van der Waals surface area contributed by atoms with Gasteiger partial charge in [-0.25, -0.2) is 4.39 Å². The van der Waals surface area contributed by atoms with Crippen LogP contribution < -0.4 is 5.32 Å². The Hall–Kier alpha value is -0.133. The van der Waals surface area contributed by atoms with Gasteiger partial charge in [0.05, 0.1) is 6.10 Å². The van der Waals surface area contributed by atoms with Crippen LogP contribution in [-0.4, -0.2) is 27.1 Å². The van der Waals surface area contributed by atoms with Crippen molar-refractivity contribution in [1.29, 1.82) is 0 Å². The van der Waals surface area contributed by atoms with Crippen LogP contribution in [0.1, 0.15) is 58.1 Å². The lowest BCUT2D eigenvalue weighted by Crippen LogP contribution is -2.42. The summed E-state index contributed by atoms with van der Waals surface area (Å²) in [5, 5.41) is 4.55. The summed E-state index contributed by atoms with van der Waals surface area (Å²) in [5.74, 6) is 0. The second kappa shape index (κ2) is 9.88. The molecule has 0 aliphatic heterocycles. The Morgan fingerprint density at radius 2 is 1.65 bits per heavy atom. The molecule has 0 heterocycles. The molecule has 1 saturated carbocycles. The molecule has 1 aliphatic carbocycles. The van der Waals surface area contributed by atoms with Crippen molar-refractivity contribution in [3.63, 3.8) is 0 Å². The van der Waals surface area contributed by atoms with Gasteiger partial charge in [-0.05, 0) is 43.1 Å². The molecule has 0 spiro atoms. The lowest BCUT2D eigenvalue weighted by atomic mass is 10.0. The molecule has 6 heteroatoms. The smallest absolute Gasteiger partial charge is 0.192 e. The van der Waals surface area contributed by atoms with Crippen LogP contribution in [0.5, 0.6) is 0 Å². The van der Waals surface area contributed by atoms with Crippen molar-refractivity contribution in [2.45, 2.75) is 76.4 Å². The van der Waals surface area contributed by atoms with E-state index >= 15 is 0 Å². The maximum atomic E-state index is 14.7. The van der Waals surface area contributed by atoms with Crippen molar-refractivity contribution in [3.05, 3.63) is 33.8 Å². The molecular weight excluding hydrogens is 388 g/mol. The Labute approximate surface area is 168 Å². The first-order chi connectivity index (χ1) is 12.4. The molecule has 148 valence electrons. The molecule has 2 rings (SSSR count). The molecule has 1 aliphatic rings. The van der Waals surface area contributed by atoms with Crippen molar-refractivity contribution in [2.75, 3.05) is 13.1 Å². The molecule has 1 atom stereocenters. The molecule has 1 fully saturated rings. The monoisotopic (exact) mass is 419 g/mol. The summed E-state index contributed by atoms with van der Waals surface area (Å²) in [6.45, 7) is 7.50. The molecule has 0 bridgehead atoms. The van der Waals surface area contributed by atoms with Crippen LogP contribution in [0.25, 0.3) is 0 Å². The zero-order valence-corrected chi connectivity index (χ0v) is 18.7. The van der Waals surface area contributed by atoms with E-state index in [2.05, 4.69) is 26.1 Å². The largest absolute Gasteiger partial charge is 0.409 e. The third-order valence-corrected chi connectivity index (χ3v) is 11.2. The Morgan fingerprint density at radius 1 is 1.12 bits per heavy atom. The molecule has 0 radical (unpaired) electrons. The highest BCUT2D eigenvalue weighted by atomic mass is 35.5. The number of benzene rings is 1. The van der Waals surface area contributed by atoms with Gasteiger partial charge in [-0.2, -0.15) is 0 Å². The average molecular weight is 420 g/mol. The summed E-state index contributed by atoms with van der Waals surface area (Å²) in [4.78, 5) is 0. The fourth-order valence-corrected chi connectivity index (χ4v) is 7.38. The SMILES string of the molecule is CC[Si](CC)(CC)OC(CNCC1(F)CCCC1)c1c(Cl)cccc1Cl. The van der Waals surface area contributed by atoms with E-state index in [4.69, 9.17) is 27.6 Å². The standard InChI is InChI=1S/C20H32Cl2FNOSi/c1-4-26(5-2,6-3)25-18(19-16(21)10-9-11-17(19)22)14-24-15-20(23)12-7-8-13-20/h9-11,18,24H,4-8,12-15H2,1-3H3. The van der Waals surface area contributed by atoms with Gasteiger partial charge in [0.2, 0.25) is 0 Å². The number of halogens is 3. The molecule has 0 amide bonds. The highest BCUT2D eigenvalue weighted by molar-refractivity contribution is 6.73. The third-order valence-electron chi connectivity index (χ3n) is 5.92. The summed E-state index contributed by atoms with van der Waals surface area (Å²) >= 11 is 12.9. The average Bonchev–Trinajstić information content (AvgIpc) is 3.06. The Balaban J connectivity index is 2.18. The Morgan fingerprint density at radius 3 is 2.15 bits per heavy atom. The van der Waals surface area contributed by atoms with Crippen LogP contribution in [0.3, 0.4) is 0 Å². The van der Waals surface area contributed by atoms with Crippen LogP contribution in [0.4, 0.5) is 4.39 Å². The lowest BCUT2D eigenvalue weighted by molar-refractivity contribution is 0.146. The first kappa shape index (κ1) is 22.2. The predicted molar refractivity (Wildman–Crippen MR) is 113 cm³/mol. The van der Waals surface area contributed by atoms with Crippen molar-refractivity contribution in [2.24, 2.45) is 0 Å². The molecule has 1 aromatic rings. The van der Waals surface area contributed by atoms with Crippen LogP contribution in [-0.2, 0) is 4.43 Å². The van der Waals surface area contributed by atoms with Gasteiger partial charge < -0.3 is 9.74 Å². The minimum atomic E-state index is -1.86. The maximum absolute atomic E-state index is 14.7. The van der Waals surface area contributed by atoms with Gasteiger partial charge >= 0.3 is 0 Å². The van der Waals surface area contributed by atoms with Crippen LogP contribution in [0, 0.1) is 0 Å². The van der Waals surface area contributed by atoms with Crippen molar-refractivity contribution < 1.29 is 8.82 Å². The highest BCUT2D eigenvalue weighted by Crippen LogP contribution is 2.37. The van der Waals surface area contributed by atoms with Gasteiger partial charge in [-0.15, -0.1) is 0 Å². The van der Waals surface area contributed by atoms with Crippen LogP contribution in [0.15, 0.2) is 18.2 Å². The Kier molecular flexibility index (Phi) is 8.42. The van der Waals surface area contributed by atoms with Crippen molar-refractivity contribution >= 4 is 31.5 Å². The second-order valence-corrected chi connectivity index (χ2v) is 13.0. The third kappa shape index (κ3) is 5.45. The molecule has 2 nitrogen and oxygen atoms in total. The van der Waals surface area contributed by atoms with Gasteiger partial charge in [0.15, 0.2) is 8.32 Å². The van der Waals surface area contributed by atoms with E-state index < -0.39 is 14.0 Å². The number of hydrogen-bond acceptors (Lipinski definition) is 2. The fourth-order valence-electron chi connectivity index (χ4n) is 3.94. The van der Waals surface area contributed by atoms with Gasteiger partial charge in [0, 0.05) is 28.7 Å². The molecule has 1 N–H and O–H groups in total. The molecular formula is C20H32Cl2FNOSi. The minimum absolute atomic E-state index is 0.243. The highest BCUT2D eigenvalue weighted by Gasteiger charge is 2.36. The van der Waals surface area contributed by atoms with Gasteiger partial charge in [0.25, 0.3) is 0 Å². The van der Waals surface area contributed by atoms with Crippen LogP contribution in [0.2, 0.25) is 28.2 Å². The summed E-state index contributed by atoms with van der Waals surface area (Å²) in [6.07, 6.45) is 3.01. The van der Waals surface area contributed by atoms with E-state index in [0.717, 1.165) is 36.5 Å². The normalized spacial score (nSPS) is 18.2. The minimum Gasteiger partial charge on any atom is -0.409 e. The van der Waals surface area contributed by atoms with Crippen molar-refractivity contribution in [3.8, 4) is 0 Å². The molecule has 26 heavy (non-hydrogen) atoms. The maximum Gasteiger partial charge on any atom is 0.192 e. The fraction of sp³-hybridized carbons (Fsp3) is 0.700. The first-order valence-corrected chi connectivity index (χ1v) is 13.2. The van der Waals surface area contributed by atoms with Crippen LogP contribution >= 0.6 is 23.2 Å². The second-order valence-electron chi connectivity index (χ2n) is 7.47. The summed E-state index contributed by atoms with van der Waals surface area (Å²) in [7, 11) is -1.86. The molecule has 1 aromatic carbocycles. The molecule has 0 saturated heterocycles. The topological polar surface area (TPSA) is 21.3 Å². The number of rotatable bonds is 10. The van der Waals surface area contributed by atoms with Gasteiger partial charge in [0.1, 0.15) is 5.67 Å². The zero-order valence-electron chi connectivity index (χ0n) is 16.2. The number of alkyl halides is 1. The number of nitrogens with one attached hydrogen (secondary N) is 1. The molecule has 0 aromatic heterocycles. The Bertz CT molecular complexity index is 548. The van der Waals surface area contributed by atoms with E-state index in [1.807, 2.05) is 18.2 Å². The molecule has 1 unspecified atom stereocenters. The van der Waals surface area contributed by atoms with E-state index in [1.54, 1.807) is 0 Å². The van der Waals surface area contributed by atoms with E-state index in [9.17, 15) is 4.39 Å². The summed E-state index contributed by atoms with van der Waals surface area (Å²) in [5.41, 5.74) is -0.251. The van der Waals surface area contributed by atoms with E-state index in [1.165, 1.54) is 0 Å². The quantitative estimate of drug-likeness (QED) is 0.415. The first-order valence-electron chi connectivity index (χ1n) is 9.90. The number of hydrogen-bond donors (Lipinski definition) is 1. The lowest BCUT2D eigenvalue weighted by Gasteiger charge is -2.35. The summed E-state index contributed by atoms with van der Waals surface area (Å²) in [6, 6.07) is 8.68. The zero-order chi connectivity index (χ0) is 19.2. The van der Waals surface area contributed by atoms with Gasteiger partial charge in [-0.1, -0.05) is 62.9 Å². The van der Waals surface area contributed by atoms with Gasteiger partial charge in [-0.3, -0.25) is 0 Å². The van der Waals surface area contributed by atoms with E-state index in [0.29, 0.717) is 36.0 Å². The predicted octanol–water partition coefficient (Wildman–Crippen LogP) is 6.93. The summed E-state index contributed by atoms with van der Waals surface area (Å²) < 4.78 is 21.4.